The largest absolute Gasteiger partial charge is 0.133 e. The van der Waals surface area contributed by atoms with Crippen LogP contribution in [0.4, 0.5) is 0 Å². The van der Waals surface area contributed by atoms with E-state index in [-0.39, 0.29) is 5.41 Å². The number of hydrogen-bond donors (Lipinski definition) is 0. The van der Waals surface area contributed by atoms with Crippen LogP contribution in [0, 0.1) is 0 Å². The van der Waals surface area contributed by atoms with Crippen molar-refractivity contribution in [2.45, 2.75) is 11.8 Å². The van der Waals surface area contributed by atoms with Crippen LogP contribution < -0.4 is 0 Å². The second-order valence-electron chi connectivity index (χ2n) is 4.44. The molecule has 0 saturated carbocycles. The average molecular weight is 399 g/mol. The lowest BCUT2D eigenvalue weighted by atomic mass is 9.80. The van der Waals surface area contributed by atoms with E-state index in [0.717, 1.165) is 15.8 Å². The van der Waals surface area contributed by atoms with Crippen molar-refractivity contribution in [1.29, 1.82) is 0 Å². The Morgan fingerprint density at radius 1 is 1.11 bits per heavy atom. The maximum atomic E-state index is 6.23. The van der Waals surface area contributed by atoms with E-state index >= 15 is 0 Å². The van der Waals surface area contributed by atoms with Gasteiger partial charge in [-0.25, -0.2) is 0 Å². The van der Waals surface area contributed by atoms with Gasteiger partial charge in [0.2, 0.25) is 0 Å². The lowest BCUT2D eigenvalue weighted by Gasteiger charge is -2.30. The molecule has 0 amide bonds. The van der Waals surface area contributed by atoms with E-state index in [0.29, 0.717) is 16.8 Å². The van der Waals surface area contributed by atoms with Crippen molar-refractivity contribution >= 4 is 62.1 Å². The number of thiophene rings is 1. The molecular weight excluding hydrogens is 386 g/mol. The topological polar surface area (TPSA) is 0 Å². The fraction of sp³-hybridized carbons (Fsp3) is 0.286. The minimum atomic E-state index is -0.279. The highest BCUT2D eigenvalue weighted by Gasteiger charge is 2.31. The van der Waals surface area contributed by atoms with E-state index < -0.39 is 0 Å². The predicted octanol–water partition coefficient (Wildman–Crippen LogP) is 6.12. The zero-order chi connectivity index (χ0) is 13.9. The van der Waals surface area contributed by atoms with Gasteiger partial charge in [-0.05, 0) is 52.2 Å². The summed E-state index contributed by atoms with van der Waals surface area (Å²) in [6.45, 7) is 0. The number of alkyl halides is 2. The van der Waals surface area contributed by atoms with Crippen molar-refractivity contribution in [2.24, 2.45) is 0 Å². The van der Waals surface area contributed by atoms with Gasteiger partial charge in [0.1, 0.15) is 0 Å². The summed E-state index contributed by atoms with van der Waals surface area (Å²) >= 11 is 23.7. The molecule has 0 aliphatic heterocycles. The van der Waals surface area contributed by atoms with E-state index in [1.165, 1.54) is 4.88 Å². The van der Waals surface area contributed by atoms with Crippen molar-refractivity contribution in [2.75, 3.05) is 11.8 Å². The molecule has 0 bridgehead atoms. The zero-order valence-corrected chi connectivity index (χ0v) is 14.7. The summed E-state index contributed by atoms with van der Waals surface area (Å²) in [7, 11) is 0. The molecule has 2 rings (SSSR count). The molecule has 0 unspecified atom stereocenters. The Balaban J connectivity index is 2.37. The molecule has 5 heteroatoms. The van der Waals surface area contributed by atoms with Crippen LogP contribution in [0.25, 0.3) is 0 Å². The molecule has 1 aromatic carbocycles. The first-order valence-electron chi connectivity index (χ1n) is 5.72. The highest BCUT2D eigenvalue weighted by atomic mass is 79.9. The Kier molecular flexibility index (Phi) is 5.62. The van der Waals surface area contributed by atoms with Crippen molar-refractivity contribution < 1.29 is 0 Å². The zero-order valence-electron chi connectivity index (χ0n) is 10.0. The van der Waals surface area contributed by atoms with Crippen LogP contribution in [-0.4, -0.2) is 11.8 Å². The van der Waals surface area contributed by atoms with E-state index in [1.807, 2.05) is 30.3 Å². The Labute approximate surface area is 140 Å². The van der Waals surface area contributed by atoms with Gasteiger partial charge < -0.3 is 0 Å². The standard InChI is InChI=1S/C14H12BrCl3S/c15-13-5-4-12(19-13)7-14(8-16,9-17)10-2-1-3-11(18)6-10/h1-6H,7-9H2. The van der Waals surface area contributed by atoms with Gasteiger partial charge in [-0.15, -0.1) is 34.5 Å². The normalized spacial score (nSPS) is 11.8. The van der Waals surface area contributed by atoms with Crippen molar-refractivity contribution in [3.63, 3.8) is 0 Å². The maximum absolute atomic E-state index is 6.23. The molecule has 0 N–H and O–H groups in total. The maximum Gasteiger partial charge on any atom is 0.0701 e. The predicted molar refractivity (Wildman–Crippen MR) is 90.3 cm³/mol. The first-order valence-corrected chi connectivity index (χ1v) is 8.77. The molecule has 0 aliphatic rings. The second kappa shape index (κ2) is 6.82. The van der Waals surface area contributed by atoms with Crippen LogP contribution in [0.3, 0.4) is 0 Å². The number of benzene rings is 1. The van der Waals surface area contributed by atoms with Crippen LogP contribution in [0.2, 0.25) is 5.02 Å². The summed E-state index contributed by atoms with van der Waals surface area (Å²) in [5, 5.41) is 0.712. The summed E-state index contributed by atoms with van der Waals surface area (Å²) in [5.41, 5.74) is 0.813. The molecular formula is C14H12BrCl3S. The Morgan fingerprint density at radius 2 is 1.84 bits per heavy atom. The van der Waals surface area contributed by atoms with Crippen LogP contribution in [0.5, 0.6) is 0 Å². The molecule has 0 aliphatic carbocycles. The van der Waals surface area contributed by atoms with E-state index in [1.54, 1.807) is 11.3 Å². The molecule has 19 heavy (non-hydrogen) atoms. The lowest BCUT2D eigenvalue weighted by Crippen LogP contribution is -2.33. The molecule has 0 fully saturated rings. The molecule has 102 valence electrons. The summed E-state index contributed by atoms with van der Waals surface area (Å²) in [6, 6.07) is 11.9. The van der Waals surface area contributed by atoms with Crippen LogP contribution in [0.15, 0.2) is 40.2 Å². The summed E-state index contributed by atoms with van der Waals surface area (Å²) in [4.78, 5) is 1.26. The minimum absolute atomic E-state index is 0.279. The van der Waals surface area contributed by atoms with Gasteiger partial charge in [-0.3, -0.25) is 0 Å². The molecule has 0 saturated heterocycles. The average Bonchev–Trinajstić information content (AvgIpc) is 2.81. The van der Waals surface area contributed by atoms with Crippen molar-refractivity contribution in [3.8, 4) is 0 Å². The molecule has 0 atom stereocenters. The van der Waals surface area contributed by atoms with Gasteiger partial charge in [-0.1, -0.05) is 23.7 Å². The Bertz CT molecular complexity index is 549. The number of rotatable bonds is 5. The van der Waals surface area contributed by atoms with Gasteiger partial charge in [0, 0.05) is 27.1 Å². The van der Waals surface area contributed by atoms with E-state index in [2.05, 4.69) is 22.0 Å². The quantitative estimate of drug-likeness (QED) is 0.532. The monoisotopic (exact) mass is 396 g/mol. The van der Waals surface area contributed by atoms with Gasteiger partial charge >= 0.3 is 0 Å². The van der Waals surface area contributed by atoms with Gasteiger partial charge in [0.25, 0.3) is 0 Å². The fourth-order valence-electron chi connectivity index (χ4n) is 1.99. The van der Waals surface area contributed by atoms with Gasteiger partial charge in [-0.2, -0.15) is 0 Å². The first-order chi connectivity index (χ1) is 9.09. The van der Waals surface area contributed by atoms with Crippen LogP contribution in [-0.2, 0) is 11.8 Å². The van der Waals surface area contributed by atoms with Crippen LogP contribution in [0.1, 0.15) is 10.4 Å². The van der Waals surface area contributed by atoms with Gasteiger partial charge in [0.05, 0.1) is 3.79 Å². The summed E-state index contributed by atoms with van der Waals surface area (Å²) < 4.78 is 1.12. The molecule has 0 nitrogen and oxygen atoms in total. The Hall–Kier alpha value is 0.270. The third kappa shape index (κ3) is 3.68. The lowest BCUT2D eigenvalue weighted by molar-refractivity contribution is 0.541. The highest BCUT2D eigenvalue weighted by molar-refractivity contribution is 9.11. The SMILES string of the molecule is ClCC(CCl)(Cc1ccc(Br)s1)c1cccc(Cl)c1. The molecule has 1 aromatic heterocycles. The molecule has 0 spiro atoms. The number of halogens is 4. The molecule has 1 heterocycles. The first kappa shape index (κ1) is 15.7. The molecule has 2 aromatic rings. The molecule has 0 radical (unpaired) electrons. The highest BCUT2D eigenvalue weighted by Crippen LogP contribution is 2.35. The Morgan fingerprint density at radius 3 is 2.37 bits per heavy atom. The van der Waals surface area contributed by atoms with E-state index in [4.69, 9.17) is 34.8 Å². The van der Waals surface area contributed by atoms with E-state index in [9.17, 15) is 0 Å². The smallest absolute Gasteiger partial charge is 0.0701 e. The fourth-order valence-corrected chi connectivity index (χ4v) is 4.59. The summed E-state index contributed by atoms with van der Waals surface area (Å²) in [5.74, 6) is 0.929. The third-order valence-corrected chi connectivity index (χ3v) is 5.97. The van der Waals surface area contributed by atoms with Gasteiger partial charge in [0.15, 0.2) is 0 Å². The minimum Gasteiger partial charge on any atom is -0.133 e. The van der Waals surface area contributed by atoms with Crippen molar-refractivity contribution in [3.05, 3.63) is 55.6 Å². The summed E-state index contributed by atoms with van der Waals surface area (Å²) in [6.07, 6.45) is 0.816. The van der Waals surface area contributed by atoms with Crippen molar-refractivity contribution in [1.82, 2.24) is 0 Å². The van der Waals surface area contributed by atoms with Crippen LogP contribution >= 0.6 is 62.1 Å². The second-order valence-corrected chi connectivity index (χ2v) is 7.96. The third-order valence-electron chi connectivity index (χ3n) is 3.09. The number of hydrogen-bond acceptors (Lipinski definition) is 1.